The number of para-hydroxylation sites is 2. The monoisotopic (exact) mass is 688 g/mol. The van der Waals surface area contributed by atoms with E-state index >= 15 is 0 Å². The second-order valence-electron chi connectivity index (χ2n) is 13.7. The van der Waals surface area contributed by atoms with E-state index in [0.717, 1.165) is 28.3 Å². The lowest BCUT2D eigenvalue weighted by molar-refractivity contribution is 1.18. The SMILES string of the molecule is c1ccc(-c2ccc(-n3c4ccccc4c4c(N(c5ccccc5-c5ccccc5)c5cccc6ccccc56)cccc43)cc2-c2ccccc2)cc1. The molecule has 0 radical (unpaired) electrons. The molecule has 9 aromatic carbocycles. The molecule has 0 aliphatic rings. The Morgan fingerprint density at radius 2 is 0.833 bits per heavy atom. The van der Waals surface area contributed by atoms with Crippen LogP contribution < -0.4 is 4.90 Å². The maximum Gasteiger partial charge on any atom is 0.0562 e. The predicted octanol–water partition coefficient (Wildman–Crippen LogP) is 14.4. The van der Waals surface area contributed by atoms with Crippen molar-refractivity contribution in [2.75, 3.05) is 4.90 Å². The van der Waals surface area contributed by atoms with Gasteiger partial charge in [-0.2, -0.15) is 0 Å². The Balaban J connectivity index is 1.27. The van der Waals surface area contributed by atoms with Gasteiger partial charge in [-0.1, -0.05) is 176 Å². The molecule has 254 valence electrons. The molecule has 10 rings (SSSR count). The average Bonchev–Trinajstić information content (AvgIpc) is 3.60. The number of hydrogen-bond acceptors (Lipinski definition) is 1. The van der Waals surface area contributed by atoms with Gasteiger partial charge in [-0.25, -0.2) is 0 Å². The zero-order valence-corrected chi connectivity index (χ0v) is 29.7. The van der Waals surface area contributed by atoms with Crippen LogP contribution >= 0.6 is 0 Å². The first kappa shape index (κ1) is 31.6. The highest BCUT2D eigenvalue weighted by Crippen LogP contribution is 2.48. The van der Waals surface area contributed by atoms with E-state index in [2.05, 4.69) is 228 Å². The van der Waals surface area contributed by atoms with Crippen LogP contribution in [0.2, 0.25) is 0 Å². The summed E-state index contributed by atoms with van der Waals surface area (Å²) >= 11 is 0. The fourth-order valence-electron chi connectivity index (χ4n) is 8.19. The summed E-state index contributed by atoms with van der Waals surface area (Å²) in [5.74, 6) is 0. The van der Waals surface area contributed by atoms with Crippen LogP contribution in [-0.4, -0.2) is 4.57 Å². The zero-order chi connectivity index (χ0) is 35.8. The molecule has 2 nitrogen and oxygen atoms in total. The Hall–Kier alpha value is -7.16. The molecule has 1 aromatic heterocycles. The maximum absolute atomic E-state index is 2.48. The van der Waals surface area contributed by atoms with Gasteiger partial charge in [0.1, 0.15) is 0 Å². The summed E-state index contributed by atoms with van der Waals surface area (Å²) in [6.07, 6.45) is 0. The van der Waals surface area contributed by atoms with Crippen molar-refractivity contribution in [3.63, 3.8) is 0 Å². The van der Waals surface area contributed by atoms with Crippen LogP contribution in [0.4, 0.5) is 17.1 Å². The summed E-state index contributed by atoms with van der Waals surface area (Å²) in [5.41, 5.74) is 14.0. The first-order chi connectivity index (χ1) is 26.8. The van der Waals surface area contributed by atoms with Gasteiger partial charge >= 0.3 is 0 Å². The van der Waals surface area contributed by atoms with Crippen molar-refractivity contribution in [1.82, 2.24) is 4.57 Å². The lowest BCUT2D eigenvalue weighted by Gasteiger charge is -2.30. The van der Waals surface area contributed by atoms with Crippen molar-refractivity contribution in [2.24, 2.45) is 0 Å². The molecule has 10 aromatic rings. The molecular formula is C52H36N2. The van der Waals surface area contributed by atoms with E-state index in [1.54, 1.807) is 0 Å². The third kappa shape index (κ3) is 5.36. The molecule has 1 heterocycles. The van der Waals surface area contributed by atoms with Gasteiger partial charge in [0, 0.05) is 27.4 Å². The third-order valence-electron chi connectivity index (χ3n) is 10.6. The van der Waals surface area contributed by atoms with Crippen LogP contribution in [-0.2, 0) is 0 Å². The summed E-state index contributed by atoms with van der Waals surface area (Å²) in [7, 11) is 0. The Labute approximate surface area is 315 Å². The Morgan fingerprint density at radius 3 is 1.59 bits per heavy atom. The van der Waals surface area contributed by atoms with Gasteiger partial charge < -0.3 is 9.47 Å². The second kappa shape index (κ2) is 13.4. The van der Waals surface area contributed by atoms with Gasteiger partial charge in [0.15, 0.2) is 0 Å². The Bertz CT molecular complexity index is 2920. The van der Waals surface area contributed by atoms with E-state index < -0.39 is 0 Å². The molecule has 0 spiro atoms. The van der Waals surface area contributed by atoms with Crippen LogP contribution in [0.5, 0.6) is 0 Å². The van der Waals surface area contributed by atoms with Gasteiger partial charge in [-0.15, -0.1) is 0 Å². The fourth-order valence-corrected chi connectivity index (χ4v) is 8.19. The Kier molecular flexibility index (Phi) is 7.85. The second-order valence-corrected chi connectivity index (χ2v) is 13.7. The normalized spacial score (nSPS) is 11.3. The minimum absolute atomic E-state index is 1.12. The molecule has 0 saturated carbocycles. The summed E-state index contributed by atoms with van der Waals surface area (Å²) in [6.45, 7) is 0. The molecule has 0 atom stereocenters. The van der Waals surface area contributed by atoms with E-state index in [0.29, 0.717) is 0 Å². The summed E-state index contributed by atoms with van der Waals surface area (Å²) in [4.78, 5) is 2.48. The standard InChI is InChI=1S/C52H36N2/c1-4-18-37(19-5-1)42-35-34-41(36-46(42)40-22-8-3-9-23-40)53-49-30-15-13-28-45(49)52-50(53)32-17-33-51(52)54(48-31-16-25-39-24-10-11-26-44(39)48)47-29-14-12-27-43(47)38-20-6-2-7-21-38/h1-36H. The highest BCUT2D eigenvalue weighted by atomic mass is 15.2. The van der Waals surface area contributed by atoms with Gasteiger partial charge in [0.25, 0.3) is 0 Å². The predicted molar refractivity (Wildman–Crippen MR) is 229 cm³/mol. The molecule has 0 fully saturated rings. The van der Waals surface area contributed by atoms with Crippen molar-refractivity contribution in [2.45, 2.75) is 0 Å². The molecule has 0 unspecified atom stereocenters. The van der Waals surface area contributed by atoms with Crippen molar-refractivity contribution in [3.05, 3.63) is 218 Å². The van der Waals surface area contributed by atoms with E-state index in [4.69, 9.17) is 0 Å². The molecular weight excluding hydrogens is 653 g/mol. The number of fused-ring (bicyclic) bond motifs is 4. The number of hydrogen-bond donors (Lipinski definition) is 0. The lowest BCUT2D eigenvalue weighted by atomic mass is 9.94. The first-order valence-corrected chi connectivity index (χ1v) is 18.5. The largest absolute Gasteiger partial charge is 0.309 e. The quantitative estimate of drug-likeness (QED) is 0.162. The molecule has 0 aliphatic carbocycles. The molecule has 0 aliphatic heterocycles. The lowest BCUT2D eigenvalue weighted by Crippen LogP contribution is -2.12. The number of benzene rings is 9. The third-order valence-corrected chi connectivity index (χ3v) is 10.6. The Morgan fingerprint density at radius 1 is 0.315 bits per heavy atom. The maximum atomic E-state index is 2.48. The van der Waals surface area contributed by atoms with E-state index in [1.165, 1.54) is 60.4 Å². The zero-order valence-electron chi connectivity index (χ0n) is 29.7. The molecule has 0 saturated heterocycles. The van der Waals surface area contributed by atoms with E-state index in [1.807, 2.05) is 0 Å². The highest BCUT2D eigenvalue weighted by Gasteiger charge is 2.24. The van der Waals surface area contributed by atoms with Crippen molar-refractivity contribution in [3.8, 4) is 39.1 Å². The molecule has 0 N–H and O–H groups in total. The summed E-state index contributed by atoms with van der Waals surface area (Å²) in [5, 5.41) is 4.82. The smallest absolute Gasteiger partial charge is 0.0562 e. The molecule has 0 bridgehead atoms. The van der Waals surface area contributed by atoms with Crippen molar-refractivity contribution < 1.29 is 0 Å². The van der Waals surface area contributed by atoms with Crippen LogP contribution in [0.25, 0.3) is 71.6 Å². The number of nitrogens with zero attached hydrogens (tertiary/aromatic N) is 2. The first-order valence-electron chi connectivity index (χ1n) is 18.5. The van der Waals surface area contributed by atoms with Crippen LogP contribution in [0.1, 0.15) is 0 Å². The van der Waals surface area contributed by atoms with Crippen LogP contribution in [0.15, 0.2) is 218 Å². The van der Waals surface area contributed by atoms with Gasteiger partial charge in [0.2, 0.25) is 0 Å². The minimum Gasteiger partial charge on any atom is -0.309 e. The van der Waals surface area contributed by atoms with Crippen LogP contribution in [0.3, 0.4) is 0 Å². The van der Waals surface area contributed by atoms with Crippen molar-refractivity contribution in [1.29, 1.82) is 0 Å². The fraction of sp³-hybridized carbons (Fsp3) is 0. The van der Waals surface area contributed by atoms with Gasteiger partial charge in [-0.3, -0.25) is 0 Å². The molecule has 0 amide bonds. The van der Waals surface area contributed by atoms with Crippen molar-refractivity contribution >= 4 is 49.6 Å². The summed E-state index contributed by atoms with van der Waals surface area (Å²) in [6, 6.07) is 78.9. The highest BCUT2D eigenvalue weighted by molar-refractivity contribution is 6.18. The van der Waals surface area contributed by atoms with Gasteiger partial charge in [-0.05, 0) is 75.7 Å². The summed E-state index contributed by atoms with van der Waals surface area (Å²) < 4.78 is 2.44. The average molecular weight is 689 g/mol. The number of aromatic nitrogens is 1. The molecule has 54 heavy (non-hydrogen) atoms. The minimum atomic E-state index is 1.12. The van der Waals surface area contributed by atoms with Crippen LogP contribution in [0, 0.1) is 0 Å². The number of rotatable bonds is 7. The van der Waals surface area contributed by atoms with E-state index in [-0.39, 0.29) is 0 Å². The molecule has 2 heteroatoms. The van der Waals surface area contributed by atoms with E-state index in [9.17, 15) is 0 Å². The number of anilines is 3. The topological polar surface area (TPSA) is 8.17 Å². The van der Waals surface area contributed by atoms with Gasteiger partial charge in [0.05, 0.1) is 28.1 Å².